The van der Waals surface area contributed by atoms with Gasteiger partial charge in [-0.2, -0.15) is 10.4 Å². The number of aliphatic hydroxyl groups is 1. The summed E-state index contributed by atoms with van der Waals surface area (Å²) in [5.41, 5.74) is 9.31. The summed E-state index contributed by atoms with van der Waals surface area (Å²) < 4.78 is 5.73. The Balaban J connectivity index is 1.80. The van der Waals surface area contributed by atoms with Crippen molar-refractivity contribution in [2.45, 2.75) is 45.6 Å². The first kappa shape index (κ1) is 24.4. The molecule has 182 valence electrons. The molecule has 1 saturated carbocycles. The number of aryl methyl sites for hydroxylation is 1. The Hall–Kier alpha value is -3.75. The van der Waals surface area contributed by atoms with Crippen molar-refractivity contribution in [3.63, 3.8) is 0 Å². The van der Waals surface area contributed by atoms with Crippen LogP contribution in [0.4, 0.5) is 0 Å². The third kappa shape index (κ3) is 3.94. The number of H-pyrrole nitrogens is 1. The Labute approximate surface area is 205 Å². The molecule has 1 aromatic carbocycles. The standard InChI is InChI=1S/C27H31N5O3/c1-15(2)27(22(13-28)24(29)35-25-23(27)16(3)30-31-25)21-11-17(8-19(12-21)14-33)6-7-18-9-20(10-18)26(34)32(4)5/h8,11-12,15,18,20,33H,9-10,14,29H2,1-5H3,(H,30,31)/t18-,20+,27?. The zero-order valence-electron chi connectivity index (χ0n) is 20.8. The highest BCUT2D eigenvalue weighted by Crippen LogP contribution is 2.52. The number of hydrogen-bond donors (Lipinski definition) is 3. The van der Waals surface area contributed by atoms with Crippen LogP contribution in [0.15, 0.2) is 29.7 Å². The van der Waals surface area contributed by atoms with Gasteiger partial charge in [0.1, 0.15) is 11.6 Å². The number of allylic oxidation sites excluding steroid dienone is 1. The van der Waals surface area contributed by atoms with Gasteiger partial charge in [-0.3, -0.25) is 4.79 Å². The third-order valence-electron chi connectivity index (χ3n) is 7.12. The van der Waals surface area contributed by atoms with Gasteiger partial charge in [-0.15, -0.1) is 0 Å². The van der Waals surface area contributed by atoms with Crippen molar-refractivity contribution in [3.8, 4) is 23.8 Å². The molecule has 1 amide bonds. The topological polar surface area (TPSA) is 128 Å². The van der Waals surface area contributed by atoms with Crippen LogP contribution in [0.1, 0.15) is 54.6 Å². The highest BCUT2D eigenvalue weighted by atomic mass is 16.5. The summed E-state index contributed by atoms with van der Waals surface area (Å²) in [6.07, 6.45) is 1.50. The molecule has 2 aromatic rings. The van der Waals surface area contributed by atoms with E-state index in [1.54, 1.807) is 19.0 Å². The molecule has 4 N–H and O–H groups in total. The molecule has 0 bridgehead atoms. The lowest BCUT2D eigenvalue weighted by atomic mass is 9.61. The Morgan fingerprint density at radius 3 is 2.69 bits per heavy atom. The second-order valence-electron chi connectivity index (χ2n) is 9.87. The van der Waals surface area contributed by atoms with Crippen molar-refractivity contribution in [1.29, 1.82) is 5.26 Å². The second kappa shape index (κ2) is 9.13. The fourth-order valence-electron chi connectivity index (χ4n) is 5.34. The van der Waals surface area contributed by atoms with Crippen LogP contribution in [0, 0.1) is 47.8 Å². The number of carbonyl (C=O) groups excluding carboxylic acids is 1. The smallest absolute Gasteiger partial charge is 0.225 e. The number of nitrogens with zero attached hydrogens (tertiary/aromatic N) is 3. The van der Waals surface area contributed by atoms with Crippen LogP contribution in [0.2, 0.25) is 0 Å². The van der Waals surface area contributed by atoms with Gasteiger partial charge in [0.2, 0.25) is 17.7 Å². The molecule has 8 nitrogen and oxygen atoms in total. The number of amides is 1. The van der Waals surface area contributed by atoms with E-state index in [0.29, 0.717) is 22.7 Å². The second-order valence-corrected chi connectivity index (χ2v) is 9.87. The molecule has 1 aromatic heterocycles. The fourth-order valence-corrected chi connectivity index (χ4v) is 5.34. The summed E-state index contributed by atoms with van der Waals surface area (Å²) in [4.78, 5) is 13.8. The fraction of sp³-hybridized carbons (Fsp3) is 0.444. The molecule has 0 saturated heterocycles. The Kier molecular flexibility index (Phi) is 6.36. The van der Waals surface area contributed by atoms with Gasteiger partial charge in [-0.25, -0.2) is 5.10 Å². The number of nitrogens with two attached hydrogens (primary N) is 1. The van der Waals surface area contributed by atoms with E-state index in [-0.39, 0.29) is 36.2 Å². The molecule has 2 heterocycles. The number of aliphatic hydroxyl groups excluding tert-OH is 1. The number of fused-ring (bicyclic) bond motifs is 1. The van der Waals surface area contributed by atoms with Crippen molar-refractivity contribution < 1.29 is 14.6 Å². The quantitative estimate of drug-likeness (QED) is 0.586. The first-order chi connectivity index (χ1) is 16.6. The van der Waals surface area contributed by atoms with Crippen LogP contribution in [-0.2, 0) is 16.8 Å². The Morgan fingerprint density at radius 2 is 2.09 bits per heavy atom. The minimum Gasteiger partial charge on any atom is -0.422 e. The predicted octanol–water partition coefficient (Wildman–Crippen LogP) is 2.70. The maximum absolute atomic E-state index is 12.1. The minimum atomic E-state index is -0.926. The number of hydrogen-bond acceptors (Lipinski definition) is 6. The average molecular weight is 474 g/mol. The molecular formula is C27H31N5O3. The molecular weight excluding hydrogens is 442 g/mol. The molecule has 1 atom stereocenters. The van der Waals surface area contributed by atoms with Crippen molar-refractivity contribution in [3.05, 3.63) is 57.6 Å². The van der Waals surface area contributed by atoms with E-state index in [9.17, 15) is 15.2 Å². The van der Waals surface area contributed by atoms with E-state index < -0.39 is 5.41 Å². The molecule has 2 aliphatic rings. The van der Waals surface area contributed by atoms with E-state index in [0.717, 1.165) is 29.5 Å². The van der Waals surface area contributed by atoms with Gasteiger partial charge in [-0.1, -0.05) is 31.8 Å². The minimum absolute atomic E-state index is 0.0314. The van der Waals surface area contributed by atoms with Gasteiger partial charge < -0.3 is 20.5 Å². The third-order valence-corrected chi connectivity index (χ3v) is 7.12. The molecule has 1 unspecified atom stereocenters. The van der Waals surface area contributed by atoms with E-state index >= 15 is 0 Å². The summed E-state index contributed by atoms with van der Waals surface area (Å²) in [5.74, 6) is 7.24. The Bertz CT molecular complexity index is 1300. The van der Waals surface area contributed by atoms with E-state index in [2.05, 4.69) is 28.1 Å². The van der Waals surface area contributed by atoms with Crippen LogP contribution < -0.4 is 10.5 Å². The van der Waals surface area contributed by atoms with Gasteiger partial charge in [0, 0.05) is 31.5 Å². The van der Waals surface area contributed by atoms with Gasteiger partial charge in [0.15, 0.2) is 0 Å². The molecule has 4 rings (SSSR count). The first-order valence-electron chi connectivity index (χ1n) is 11.7. The summed E-state index contributed by atoms with van der Waals surface area (Å²) >= 11 is 0. The van der Waals surface area contributed by atoms with Crippen LogP contribution in [0.3, 0.4) is 0 Å². The van der Waals surface area contributed by atoms with Crippen LogP contribution >= 0.6 is 0 Å². The number of benzene rings is 1. The summed E-state index contributed by atoms with van der Waals surface area (Å²) in [7, 11) is 3.54. The zero-order valence-corrected chi connectivity index (χ0v) is 20.8. The van der Waals surface area contributed by atoms with Gasteiger partial charge in [0.05, 0.1) is 23.3 Å². The number of aromatic amines is 1. The molecule has 8 heteroatoms. The van der Waals surface area contributed by atoms with Crippen LogP contribution in [0.25, 0.3) is 0 Å². The van der Waals surface area contributed by atoms with Crippen molar-refractivity contribution in [1.82, 2.24) is 15.1 Å². The van der Waals surface area contributed by atoms with Gasteiger partial charge >= 0.3 is 0 Å². The SMILES string of the molecule is Cc1n[nH]c2c1C(c1cc(C#C[C@H]3C[C@@H](C(=O)N(C)C)C3)cc(CO)c1)(C(C)C)C(C#N)=C(N)O2. The zero-order chi connectivity index (χ0) is 25.5. The van der Waals surface area contributed by atoms with Crippen molar-refractivity contribution >= 4 is 5.91 Å². The van der Waals surface area contributed by atoms with E-state index in [4.69, 9.17) is 10.5 Å². The van der Waals surface area contributed by atoms with E-state index in [1.165, 1.54) is 0 Å². The summed E-state index contributed by atoms with van der Waals surface area (Å²) in [6, 6.07) is 7.99. The van der Waals surface area contributed by atoms with Crippen molar-refractivity contribution in [2.75, 3.05) is 14.1 Å². The maximum Gasteiger partial charge on any atom is 0.225 e. The largest absolute Gasteiger partial charge is 0.422 e. The normalized spacial score (nSPS) is 22.9. The molecule has 35 heavy (non-hydrogen) atoms. The molecule has 1 aliphatic heterocycles. The Morgan fingerprint density at radius 1 is 1.37 bits per heavy atom. The number of rotatable bonds is 4. The molecule has 1 fully saturated rings. The molecule has 0 spiro atoms. The van der Waals surface area contributed by atoms with Crippen LogP contribution in [-0.4, -0.2) is 40.2 Å². The first-order valence-corrected chi connectivity index (χ1v) is 11.7. The summed E-state index contributed by atoms with van der Waals surface area (Å²) in [5, 5.41) is 27.4. The number of aromatic nitrogens is 2. The molecule has 1 aliphatic carbocycles. The average Bonchev–Trinajstić information content (AvgIpc) is 3.16. The number of ether oxygens (including phenoxy) is 1. The summed E-state index contributed by atoms with van der Waals surface area (Å²) in [6.45, 7) is 5.75. The lowest BCUT2D eigenvalue weighted by Crippen LogP contribution is -2.41. The highest BCUT2D eigenvalue weighted by molar-refractivity contribution is 5.79. The lowest BCUT2D eigenvalue weighted by Gasteiger charge is -2.41. The number of nitrogens with one attached hydrogen (secondary N) is 1. The molecule has 0 radical (unpaired) electrons. The lowest BCUT2D eigenvalue weighted by molar-refractivity contribution is -0.136. The monoisotopic (exact) mass is 473 g/mol. The predicted molar refractivity (Wildman–Crippen MR) is 131 cm³/mol. The van der Waals surface area contributed by atoms with Gasteiger partial charge in [-0.05, 0) is 48.9 Å². The van der Waals surface area contributed by atoms with Crippen LogP contribution in [0.5, 0.6) is 5.88 Å². The van der Waals surface area contributed by atoms with Crippen molar-refractivity contribution in [2.24, 2.45) is 23.5 Å². The maximum atomic E-state index is 12.1. The number of carbonyl (C=O) groups is 1. The van der Waals surface area contributed by atoms with Gasteiger partial charge in [0.25, 0.3) is 0 Å². The number of nitriles is 1. The van der Waals surface area contributed by atoms with E-state index in [1.807, 2.05) is 39.0 Å². The highest BCUT2D eigenvalue weighted by Gasteiger charge is 2.50.